The molecule has 0 saturated heterocycles. The molecule has 6 nitrogen and oxygen atoms in total. The number of amides is 1. The molecule has 2 aromatic rings. The summed E-state index contributed by atoms with van der Waals surface area (Å²) in [6.07, 6.45) is -0.623. The van der Waals surface area contributed by atoms with E-state index >= 15 is 0 Å². The van der Waals surface area contributed by atoms with Crippen LogP contribution in [0.2, 0.25) is 0 Å². The molecule has 6 heteroatoms. The Balaban J connectivity index is 1.41. The minimum atomic E-state index is -0.623. The molecule has 1 aliphatic rings. The summed E-state index contributed by atoms with van der Waals surface area (Å²) in [6, 6.07) is 14.7. The molecule has 0 radical (unpaired) electrons. The monoisotopic (exact) mass is 329 g/mol. The van der Waals surface area contributed by atoms with E-state index in [0.717, 1.165) is 5.75 Å². The van der Waals surface area contributed by atoms with Crippen molar-refractivity contribution in [3.8, 4) is 23.0 Å². The molecule has 0 spiro atoms. The fraction of sp³-hybridized carbons (Fsp3) is 0.278. The molecule has 0 saturated carbocycles. The van der Waals surface area contributed by atoms with Crippen molar-refractivity contribution < 1.29 is 23.7 Å². The maximum absolute atomic E-state index is 12.0. The highest BCUT2D eigenvalue weighted by atomic mass is 16.7. The summed E-state index contributed by atoms with van der Waals surface area (Å²) in [5.74, 6) is 2.43. The van der Waals surface area contributed by atoms with Crippen LogP contribution >= 0.6 is 0 Å². The zero-order valence-corrected chi connectivity index (χ0v) is 13.4. The normalized spacial score (nSPS) is 13.2. The van der Waals surface area contributed by atoms with Gasteiger partial charge < -0.3 is 24.3 Å². The molecular weight excluding hydrogens is 310 g/mol. The van der Waals surface area contributed by atoms with Gasteiger partial charge in [-0.3, -0.25) is 4.79 Å². The van der Waals surface area contributed by atoms with Crippen molar-refractivity contribution >= 4 is 5.91 Å². The van der Waals surface area contributed by atoms with E-state index in [1.807, 2.05) is 30.3 Å². The topological polar surface area (TPSA) is 66.0 Å². The molecule has 1 amide bonds. The summed E-state index contributed by atoms with van der Waals surface area (Å²) >= 11 is 0. The Hall–Kier alpha value is -2.89. The summed E-state index contributed by atoms with van der Waals surface area (Å²) in [7, 11) is 0. The van der Waals surface area contributed by atoms with Crippen LogP contribution in [0.5, 0.6) is 23.0 Å². The fourth-order valence-electron chi connectivity index (χ4n) is 2.21. The maximum atomic E-state index is 12.0. The van der Waals surface area contributed by atoms with Gasteiger partial charge in [-0.1, -0.05) is 18.2 Å². The van der Waals surface area contributed by atoms with Crippen LogP contribution in [0.4, 0.5) is 0 Å². The number of nitrogens with one attached hydrogen (secondary N) is 1. The number of carbonyl (C=O) groups excluding carboxylic acids is 1. The van der Waals surface area contributed by atoms with Crippen molar-refractivity contribution in [1.82, 2.24) is 5.32 Å². The number of benzene rings is 2. The van der Waals surface area contributed by atoms with Crippen LogP contribution in [0, 0.1) is 0 Å². The minimum Gasteiger partial charge on any atom is -0.492 e. The maximum Gasteiger partial charge on any atom is 0.260 e. The van der Waals surface area contributed by atoms with Crippen LogP contribution in [0.25, 0.3) is 0 Å². The predicted molar refractivity (Wildman–Crippen MR) is 87.6 cm³/mol. The van der Waals surface area contributed by atoms with Crippen LogP contribution in [0.1, 0.15) is 6.92 Å². The molecule has 0 aliphatic carbocycles. The lowest BCUT2D eigenvalue weighted by Crippen LogP contribution is -2.38. The molecule has 3 rings (SSSR count). The number of fused-ring (bicyclic) bond motifs is 1. The standard InChI is InChI=1S/C18H19NO5/c1-13(24-15-7-8-16-17(11-15)23-12-22-16)18(20)19-9-10-21-14-5-3-2-4-6-14/h2-8,11,13H,9-10,12H2,1H3,(H,19,20). The van der Waals surface area contributed by atoms with E-state index < -0.39 is 6.10 Å². The molecule has 0 bridgehead atoms. The van der Waals surface area contributed by atoms with E-state index in [1.165, 1.54) is 0 Å². The highest BCUT2D eigenvalue weighted by molar-refractivity contribution is 5.80. The Labute approximate surface area is 140 Å². The second kappa shape index (κ2) is 7.59. The first-order valence-electron chi connectivity index (χ1n) is 7.74. The Kier molecular flexibility index (Phi) is 5.05. The SMILES string of the molecule is CC(Oc1ccc2c(c1)OCO2)C(=O)NCCOc1ccccc1. The van der Waals surface area contributed by atoms with Crippen LogP contribution < -0.4 is 24.3 Å². The van der Waals surface area contributed by atoms with Gasteiger partial charge in [-0.15, -0.1) is 0 Å². The average molecular weight is 329 g/mol. The van der Waals surface area contributed by atoms with E-state index in [1.54, 1.807) is 25.1 Å². The molecule has 0 aromatic heterocycles. The first kappa shape index (κ1) is 16.0. The smallest absolute Gasteiger partial charge is 0.260 e. The van der Waals surface area contributed by atoms with Crippen molar-refractivity contribution in [1.29, 1.82) is 0 Å². The van der Waals surface area contributed by atoms with Gasteiger partial charge in [0.1, 0.15) is 18.1 Å². The van der Waals surface area contributed by atoms with Crippen molar-refractivity contribution in [2.45, 2.75) is 13.0 Å². The zero-order chi connectivity index (χ0) is 16.8. The van der Waals surface area contributed by atoms with E-state index in [4.69, 9.17) is 18.9 Å². The number of hydrogen-bond donors (Lipinski definition) is 1. The molecule has 1 heterocycles. The molecule has 24 heavy (non-hydrogen) atoms. The molecule has 1 aliphatic heterocycles. The third kappa shape index (κ3) is 4.10. The Morgan fingerprint density at radius 3 is 2.75 bits per heavy atom. The van der Waals surface area contributed by atoms with E-state index in [2.05, 4.69) is 5.32 Å². The van der Waals surface area contributed by atoms with Crippen molar-refractivity contribution in [2.75, 3.05) is 19.9 Å². The summed E-state index contributed by atoms with van der Waals surface area (Å²) in [5.41, 5.74) is 0. The Bertz CT molecular complexity index is 689. The Morgan fingerprint density at radius 1 is 1.12 bits per heavy atom. The zero-order valence-electron chi connectivity index (χ0n) is 13.4. The lowest BCUT2D eigenvalue weighted by Gasteiger charge is -2.15. The predicted octanol–water partition coefficient (Wildman–Crippen LogP) is 2.38. The molecule has 2 aromatic carbocycles. The third-order valence-corrected chi connectivity index (χ3v) is 3.44. The van der Waals surface area contributed by atoms with Gasteiger partial charge >= 0.3 is 0 Å². The summed E-state index contributed by atoms with van der Waals surface area (Å²) in [5, 5.41) is 2.78. The summed E-state index contributed by atoms with van der Waals surface area (Å²) in [4.78, 5) is 12.0. The fourth-order valence-corrected chi connectivity index (χ4v) is 2.21. The second-order valence-corrected chi connectivity index (χ2v) is 5.23. The molecular formula is C18H19NO5. The first-order chi connectivity index (χ1) is 11.7. The minimum absolute atomic E-state index is 0.204. The van der Waals surface area contributed by atoms with Crippen LogP contribution in [-0.2, 0) is 4.79 Å². The number of para-hydroxylation sites is 1. The summed E-state index contributed by atoms with van der Waals surface area (Å²) < 4.78 is 21.7. The Morgan fingerprint density at radius 2 is 1.92 bits per heavy atom. The van der Waals surface area contributed by atoms with Gasteiger partial charge in [-0.25, -0.2) is 0 Å². The number of rotatable bonds is 7. The van der Waals surface area contributed by atoms with Gasteiger partial charge in [-0.05, 0) is 31.2 Å². The third-order valence-electron chi connectivity index (χ3n) is 3.44. The van der Waals surface area contributed by atoms with Gasteiger partial charge in [0, 0.05) is 6.07 Å². The van der Waals surface area contributed by atoms with Crippen molar-refractivity contribution in [3.05, 3.63) is 48.5 Å². The molecule has 1 N–H and O–H groups in total. The van der Waals surface area contributed by atoms with Crippen molar-refractivity contribution in [3.63, 3.8) is 0 Å². The molecule has 1 unspecified atom stereocenters. The second-order valence-electron chi connectivity index (χ2n) is 5.23. The number of carbonyl (C=O) groups is 1. The highest BCUT2D eigenvalue weighted by Gasteiger charge is 2.17. The van der Waals surface area contributed by atoms with Crippen LogP contribution in [-0.4, -0.2) is 32.0 Å². The van der Waals surface area contributed by atoms with E-state index in [-0.39, 0.29) is 12.7 Å². The largest absolute Gasteiger partial charge is 0.492 e. The molecule has 0 fully saturated rings. The van der Waals surface area contributed by atoms with Gasteiger partial charge in [-0.2, -0.15) is 0 Å². The van der Waals surface area contributed by atoms with Crippen LogP contribution in [0.15, 0.2) is 48.5 Å². The van der Waals surface area contributed by atoms with Crippen LogP contribution in [0.3, 0.4) is 0 Å². The number of ether oxygens (including phenoxy) is 4. The quantitative estimate of drug-likeness (QED) is 0.790. The van der Waals surface area contributed by atoms with Gasteiger partial charge in [0.15, 0.2) is 17.6 Å². The average Bonchev–Trinajstić information content (AvgIpc) is 3.07. The lowest BCUT2D eigenvalue weighted by molar-refractivity contribution is -0.127. The lowest BCUT2D eigenvalue weighted by atomic mass is 10.3. The van der Waals surface area contributed by atoms with Gasteiger partial charge in [0.25, 0.3) is 5.91 Å². The van der Waals surface area contributed by atoms with Gasteiger partial charge in [0.05, 0.1) is 6.54 Å². The first-order valence-corrected chi connectivity index (χ1v) is 7.74. The summed E-state index contributed by atoms with van der Waals surface area (Å²) in [6.45, 7) is 2.70. The van der Waals surface area contributed by atoms with E-state index in [0.29, 0.717) is 30.4 Å². The molecule has 126 valence electrons. The molecule has 1 atom stereocenters. The van der Waals surface area contributed by atoms with Crippen molar-refractivity contribution in [2.24, 2.45) is 0 Å². The number of hydrogen-bond acceptors (Lipinski definition) is 5. The van der Waals surface area contributed by atoms with Gasteiger partial charge in [0.2, 0.25) is 6.79 Å². The highest BCUT2D eigenvalue weighted by Crippen LogP contribution is 2.35. The van der Waals surface area contributed by atoms with E-state index in [9.17, 15) is 4.79 Å².